The monoisotopic (exact) mass is 224 g/mol. The number of thiocarbonyl (C=S) groups is 1. The Hall–Kier alpha value is -0.930. The first-order valence-electron chi connectivity index (χ1n) is 5.08. The summed E-state index contributed by atoms with van der Waals surface area (Å²) in [5.74, 6) is 0. The molecule has 0 spiro atoms. The van der Waals surface area contributed by atoms with Gasteiger partial charge in [-0.15, -0.1) is 0 Å². The van der Waals surface area contributed by atoms with Gasteiger partial charge in [-0.1, -0.05) is 37.3 Å². The first kappa shape index (κ1) is 12.1. The van der Waals surface area contributed by atoms with Crippen molar-refractivity contribution in [3.05, 3.63) is 35.9 Å². The van der Waals surface area contributed by atoms with Crippen molar-refractivity contribution in [1.29, 1.82) is 0 Å². The van der Waals surface area contributed by atoms with E-state index in [0.717, 1.165) is 12.0 Å². The molecular weight excluding hydrogens is 208 g/mol. The van der Waals surface area contributed by atoms with E-state index in [4.69, 9.17) is 17.0 Å². The molecule has 15 heavy (non-hydrogen) atoms. The second-order valence-corrected chi connectivity index (χ2v) is 3.87. The molecule has 0 saturated carbocycles. The molecule has 0 amide bonds. The summed E-state index contributed by atoms with van der Waals surface area (Å²) < 4.78 is 5.40. The molecule has 1 rings (SSSR count). The molecule has 0 aliphatic rings. The number of aliphatic hydroxyl groups is 1. The third-order valence-corrected chi connectivity index (χ3v) is 2.55. The van der Waals surface area contributed by atoms with Crippen LogP contribution in [0.5, 0.6) is 0 Å². The van der Waals surface area contributed by atoms with E-state index in [9.17, 15) is 5.11 Å². The minimum absolute atomic E-state index is 0.0517. The Morgan fingerprint density at radius 1 is 1.40 bits per heavy atom. The summed E-state index contributed by atoms with van der Waals surface area (Å²) in [4.78, 5) is 0. The van der Waals surface area contributed by atoms with E-state index in [1.54, 1.807) is 0 Å². The lowest BCUT2D eigenvalue weighted by molar-refractivity contribution is 0.153. The average Bonchev–Trinajstić information content (AvgIpc) is 2.29. The third-order valence-electron chi connectivity index (χ3n) is 2.23. The van der Waals surface area contributed by atoms with Crippen LogP contribution in [-0.4, -0.2) is 16.3 Å². The van der Waals surface area contributed by atoms with E-state index < -0.39 is 6.10 Å². The third kappa shape index (κ3) is 3.61. The van der Waals surface area contributed by atoms with Crippen LogP contribution in [0.25, 0.3) is 0 Å². The molecule has 2 unspecified atom stereocenters. The van der Waals surface area contributed by atoms with Gasteiger partial charge in [0.1, 0.15) is 6.10 Å². The molecule has 82 valence electrons. The van der Waals surface area contributed by atoms with Gasteiger partial charge in [-0.05, 0) is 31.1 Å². The van der Waals surface area contributed by atoms with Crippen LogP contribution in [0.2, 0.25) is 0 Å². The molecule has 0 saturated heterocycles. The Labute approximate surface area is 95.9 Å². The molecule has 3 heteroatoms. The quantitative estimate of drug-likeness (QED) is 0.797. The van der Waals surface area contributed by atoms with E-state index in [0.29, 0.717) is 0 Å². The van der Waals surface area contributed by atoms with E-state index >= 15 is 0 Å². The second-order valence-electron chi connectivity index (χ2n) is 3.47. The molecule has 0 fully saturated rings. The normalized spacial score (nSPS) is 14.3. The summed E-state index contributed by atoms with van der Waals surface area (Å²) in [6.07, 6.45) is 0.118. The van der Waals surface area contributed by atoms with Crippen LogP contribution in [0.4, 0.5) is 0 Å². The number of ether oxygens (including phenoxy) is 1. The predicted molar refractivity (Wildman–Crippen MR) is 64.8 cm³/mol. The van der Waals surface area contributed by atoms with Crippen molar-refractivity contribution in [3.8, 4) is 0 Å². The molecule has 2 nitrogen and oxygen atoms in total. The van der Waals surface area contributed by atoms with Gasteiger partial charge < -0.3 is 9.84 Å². The van der Waals surface area contributed by atoms with Gasteiger partial charge in [0.15, 0.2) is 5.05 Å². The Bertz CT molecular complexity index is 311. The van der Waals surface area contributed by atoms with Crippen molar-refractivity contribution in [2.75, 3.05) is 0 Å². The largest absolute Gasteiger partial charge is 0.481 e. The number of hydrogen-bond donors (Lipinski definition) is 1. The van der Waals surface area contributed by atoms with Crippen molar-refractivity contribution < 1.29 is 9.84 Å². The van der Waals surface area contributed by atoms with Gasteiger partial charge in [0, 0.05) is 0 Å². The maximum absolute atomic E-state index is 9.87. The maximum atomic E-state index is 9.87. The van der Waals surface area contributed by atoms with Crippen LogP contribution >= 0.6 is 12.2 Å². The summed E-state index contributed by atoms with van der Waals surface area (Å²) in [5.41, 5.74) is 0.769. The van der Waals surface area contributed by atoms with Crippen molar-refractivity contribution >= 4 is 17.3 Å². The van der Waals surface area contributed by atoms with Crippen molar-refractivity contribution in [2.24, 2.45) is 0 Å². The van der Waals surface area contributed by atoms with Gasteiger partial charge in [0.2, 0.25) is 0 Å². The SMILES string of the molecule is CCC(C)OC(=S)C(O)c1ccccc1. The molecule has 1 aromatic rings. The molecular formula is C12H16O2S. The molecule has 2 atom stereocenters. The molecule has 0 aliphatic heterocycles. The first-order chi connectivity index (χ1) is 7.15. The minimum Gasteiger partial charge on any atom is -0.481 e. The Morgan fingerprint density at radius 2 is 2.00 bits per heavy atom. The van der Waals surface area contributed by atoms with E-state index in [1.165, 1.54) is 0 Å². The van der Waals surface area contributed by atoms with E-state index in [1.807, 2.05) is 44.2 Å². The maximum Gasteiger partial charge on any atom is 0.193 e. The summed E-state index contributed by atoms with van der Waals surface area (Å²) in [6.45, 7) is 3.95. The minimum atomic E-state index is -0.810. The summed E-state index contributed by atoms with van der Waals surface area (Å²) >= 11 is 5.03. The second kappa shape index (κ2) is 5.83. The van der Waals surface area contributed by atoms with E-state index in [2.05, 4.69) is 0 Å². The fraction of sp³-hybridized carbons (Fsp3) is 0.417. The number of rotatable bonds is 4. The first-order valence-corrected chi connectivity index (χ1v) is 5.49. The standard InChI is InChI=1S/C12H16O2S/c1-3-9(2)14-12(15)11(13)10-7-5-4-6-8-10/h4-9,11,13H,3H2,1-2H3. The van der Waals surface area contributed by atoms with Crippen LogP contribution < -0.4 is 0 Å². The van der Waals surface area contributed by atoms with Gasteiger partial charge in [-0.25, -0.2) is 0 Å². The average molecular weight is 224 g/mol. The number of aliphatic hydroxyl groups excluding tert-OH is 1. The van der Waals surface area contributed by atoms with Gasteiger partial charge in [-0.3, -0.25) is 0 Å². The number of benzene rings is 1. The Morgan fingerprint density at radius 3 is 2.53 bits per heavy atom. The van der Waals surface area contributed by atoms with Crippen LogP contribution in [0.3, 0.4) is 0 Å². The zero-order valence-electron chi connectivity index (χ0n) is 9.01. The lowest BCUT2D eigenvalue weighted by atomic mass is 10.1. The Balaban J connectivity index is 2.61. The van der Waals surface area contributed by atoms with Gasteiger partial charge in [0.25, 0.3) is 0 Å². The van der Waals surface area contributed by atoms with E-state index in [-0.39, 0.29) is 11.2 Å². The lowest BCUT2D eigenvalue weighted by Gasteiger charge is -2.17. The Kier molecular flexibility index (Phi) is 4.72. The van der Waals surface area contributed by atoms with Crippen molar-refractivity contribution in [3.63, 3.8) is 0 Å². The molecule has 0 aliphatic carbocycles. The highest BCUT2D eigenvalue weighted by atomic mass is 32.1. The summed E-state index contributed by atoms with van der Waals surface area (Å²) in [7, 11) is 0. The topological polar surface area (TPSA) is 29.5 Å². The van der Waals surface area contributed by atoms with Crippen LogP contribution in [0, 0.1) is 0 Å². The summed E-state index contributed by atoms with van der Waals surface area (Å²) in [6, 6.07) is 9.29. The highest BCUT2D eigenvalue weighted by molar-refractivity contribution is 7.80. The fourth-order valence-corrected chi connectivity index (χ4v) is 1.42. The van der Waals surface area contributed by atoms with Crippen LogP contribution in [0.1, 0.15) is 31.9 Å². The number of hydrogen-bond acceptors (Lipinski definition) is 3. The van der Waals surface area contributed by atoms with Gasteiger partial charge in [-0.2, -0.15) is 0 Å². The zero-order valence-corrected chi connectivity index (χ0v) is 9.83. The molecule has 0 bridgehead atoms. The summed E-state index contributed by atoms with van der Waals surface area (Å²) in [5, 5.41) is 10.1. The fourth-order valence-electron chi connectivity index (χ4n) is 1.12. The highest BCUT2D eigenvalue weighted by Crippen LogP contribution is 2.16. The van der Waals surface area contributed by atoms with Gasteiger partial charge in [0.05, 0.1) is 6.10 Å². The zero-order chi connectivity index (χ0) is 11.3. The highest BCUT2D eigenvalue weighted by Gasteiger charge is 2.15. The smallest absolute Gasteiger partial charge is 0.193 e. The molecule has 1 N–H and O–H groups in total. The molecule has 0 heterocycles. The molecule has 0 radical (unpaired) electrons. The van der Waals surface area contributed by atoms with Crippen LogP contribution in [-0.2, 0) is 4.74 Å². The van der Waals surface area contributed by atoms with Crippen LogP contribution in [0.15, 0.2) is 30.3 Å². The predicted octanol–water partition coefficient (Wildman–Crippen LogP) is 2.86. The lowest BCUT2D eigenvalue weighted by Crippen LogP contribution is -2.18. The van der Waals surface area contributed by atoms with Crippen molar-refractivity contribution in [2.45, 2.75) is 32.5 Å². The van der Waals surface area contributed by atoms with Gasteiger partial charge >= 0.3 is 0 Å². The molecule has 0 aromatic heterocycles. The molecule has 1 aromatic carbocycles. The van der Waals surface area contributed by atoms with Crippen molar-refractivity contribution in [1.82, 2.24) is 0 Å².